The van der Waals surface area contributed by atoms with Crippen molar-refractivity contribution in [1.29, 1.82) is 0 Å². The molecule has 14 heteroatoms. The van der Waals surface area contributed by atoms with E-state index in [-0.39, 0.29) is 54.7 Å². The average molecular weight is 625 g/mol. The molecule has 2 aliphatic carbocycles. The number of hydrogen-bond donors (Lipinski definition) is 5. The number of aliphatic hydroxyl groups is 1. The molecule has 0 spiro atoms. The molecule has 10 nitrogen and oxygen atoms in total. The summed E-state index contributed by atoms with van der Waals surface area (Å²) in [6.45, 7) is 3.59. The molecule has 3 amide bonds. The second-order valence-corrected chi connectivity index (χ2v) is 11.9. The van der Waals surface area contributed by atoms with Crippen molar-refractivity contribution in [3.63, 3.8) is 0 Å². The lowest BCUT2D eigenvalue weighted by molar-refractivity contribution is -0.139. The summed E-state index contributed by atoms with van der Waals surface area (Å²) in [6, 6.07) is 2.89. The molecule has 0 aliphatic heterocycles. The van der Waals surface area contributed by atoms with E-state index in [9.17, 15) is 32.7 Å². The fourth-order valence-electron chi connectivity index (χ4n) is 5.63. The lowest BCUT2D eigenvalue weighted by Crippen LogP contribution is -2.50. The molecule has 242 valence electrons. The summed E-state index contributed by atoms with van der Waals surface area (Å²) in [6.07, 6.45) is 0.632. The van der Waals surface area contributed by atoms with Crippen molar-refractivity contribution in [3.05, 3.63) is 47.0 Å². The van der Waals surface area contributed by atoms with E-state index < -0.39 is 48.2 Å². The smallest absolute Gasteiger partial charge is 0.395 e. The van der Waals surface area contributed by atoms with Crippen molar-refractivity contribution in [3.8, 4) is 0 Å². The number of nitrogens with one attached hydrogen (secondary N) is 4. The van der Waals surface area contributed by atoms with Crippen LogP contribution >= 0.6 is 0 Å². The Hall–Kier alpha value is -3.52. The fraction of sp³-hybridized carbons (Fsp3) is 0.600. The number of carbonyl (C=O) groups excluding carboxylic acids is 3. The van der Waals surface area contributed by atoms with Crippen LogP contribution in [0.2, 0.25) is 0 Å². The normalized spacial score (nSPS) is 16.6. The van der Waals surface area contributed by atoms with Gasteiger partial charge in [-0.05, 0) is 93.5 Å². The van der Waals surface area contributed by atoms with Crippen LogP contribution in [0, 0.1) is 23.6 Å². The molecule has 1 aromatic carbocycles. The van der Waals surface area contributed by atoms with Crippen molar-refractivity contribution in [2.75, 3.05) is 25.0 Å². The Kier molecular flexibility index (Phi) is 10.7. The van der Waals surface area contributed by atoms with E-state index in [0.29, 0.717) is 11.3 Å². The van der Waals surface area contributed by atoms with Crippen LogP contribution in [0.4, 0.5) is 23.2 Å². The quantitative estimate of drug-likeness (QED) is 0.152. The first kappa shape index (κ1) is 33.4. The maximum atomic E-state index is 15.5. The Labute approximate surface area is 253 Å². The van der Waals surface area contributed by atoms with E-state index in [0.717, 1.165) is 31.7 Å². The summed E-state index contributed by atoms with van der Waals surface area (Å²) in [4.78, 5) is 39.7. The second kappa shape index (κ2) is 14.1. The first-order valence-electron chi connectivity index (χ1n) is 14.9. The number of aromatic nitrogens is 2. The summed E-state index contributed by atoms with van der Waals surface area (Å²) in [7, 11) is 0. The molecule has 2 aliphatic rings. The minimum Gasteiger partial charge on any atom is -0.395 e. The molecule has 0 radical (unpaired) electrons. The van der Waals surface area contributed by atoms with E-state index in [2.05, 4.69) is 21.0 Å². The van der Waals surface area contributed by atoms with Gasteiger partial charge < -0.3 is 26.4 Å². The standard InChI is InChI=1S/C30H40F4N6O4/c1-16(2)40-24(8-9-37-40)28(43)39-26(25(18-4-5-18)19-6-7-19)29(44)38-23-12-20(14-35-10-11-41)21(13-22(23)31)17(3)27(42)36-15-30(32,33)34/h8-9,12-13,16-19,25-26,35,41H,4-7,10-11,14-15H2,1-3H3,(H,36,42)(H,38,44)(H,39,43)/t17?,26-/m0/s1. The van der Waals surface area contributed by atoms with Gasteiger partial charge in [-0.1, -0.05) is 0 Å². The number of carbonyl (C=O) groups is 3. The minimum atomic E-state index is -4.61. The largest absolute Gasteiger partial charge is 0.405 e. The molecule has 2 atom stereocenters. The summed E-state index contributed by atoms with van der Waals surface area (Å²) in [5.74, 6) is -3.63. The molecule has 0 bridgehead atoms. The Morgan fingerprint density at radius 1 is 1.07 bits per heavy atom. The van der Waals surface area contributed by atoms with Crippen LogP contribution in [0.15, 0.2) is 24.4 Å². The highest BCUT2D eigenvalue weighted by Crippen LogP contribution is 2.51. The zero-order chi connectivity index (χ0) is 32.2. The molecule has 2 fully saturated rings. The van der Waals surface area contributed by atoms with Gasteiger partial charge in [0, 0.05) is 25.3 Å². The van der Waals surface area contributed by atoms with E-state index in [1.807, 2.05) is 19.2 Å². The fourth-order valence-corrected chi connectivity index (χ4v) is 5.63. The third-order valence-corrected chi connectivity index (χ3v) is 8.09. The van der Waals surface area contributed by atoms with Crippen LogP contribution in [-0.2, 0) is 16.1 Å². The Morgan fingerprint density at radius 2 is 1.73 bits per heavy atom. The molecule has 2 aromatic rings. The van der Waals surface area contributed by atoms with Gasteiger partial charge in [-0.3, -0.25) is 19.1 Å². The number of halogens is 4. The molecule has 44 heavy (non-hydrogen) atoms. The third-order valence-electron chi connectivity index (χ3n) is 8.09. The van der Waals surface area contributed by atoms with Crippen LogP contribution in [-0.4, -0.2) is 64.5 Å². The Bertz CT molecular complexity index is 1330. The Morgan fingerprint density at radius 3 is 2.30 bits per heavy atom. The molecular formula is C30H40F4N6O4. The van der Waals surface area contributed by atoms with Gasteiger partial charge in [0.05, 0.1) is 18.2 Å². The molecule has 4 rings (SSSR count). The molecule has 5 N–H and O–H groups in total. The van der Waals surface area contributed by atoms with E-state index in [1.54, 1.807) is 10.7 Å². The molecule has 1 heterocycles. The number of aliphatic hydroxyl groups excluding tert-OH is 1. The lowest BCUT2D eigenvalue weighted by Gasteiger charge is -2.28. The van der Waals surface area contributed by atoms with Crippen molar-refractivity contribution in [1.82, 2.24) is 25.7 Å². The van der Waals surface area contributed by atoms with Crippen LogP contribution in [0.1, 0.15) is 80.0 Å². The van der Waals surface area contributed by atoms with E-state index in [4.69, 9.17) is 0 Å². The second-order valence-electron chi connectivity index (χ2n) is 11.9. The van der Waals surface area contributed by atoms with Gasteiger partial charge in [0.25, 0.3) is 5.91 Å². The van der Waals surface area contributed by atoms with Crippen LogP contribution in [0.3, 0.4) is 0 Å². The predicted molar refractivity (Wildman–Crippen MR) is 154 cm³/mol. The monoisotopic (exact) mass is 624 g/mol. The average Bonchev–Trinajstić information content (AvgIpc) is 3.91. The Balaban J connectivity index is 1.60. The summed E-state index contributed by atoms with van der Waals surface area (Å²) in [5.41, 5.74) is 0.589. The van der Waals surface area contributed by atoms with Crippen LogP contribution in [0.25, 0.3) is 0 Å². The number of hydrogen-bond acceptors (Lipinski definition) is 6. The summed E-state index contributed by atoms with van der Waals surface area (Å²) < 4.78 is 55.1. The van der Waals surface area contributed by atoms with Gasteiger partial charge >= 0.3 is 6.18 Å². The molecule has 1 aromatic heterocycles. The van der Waals surface area contributed by atoms with Gasteiger partial charge in [-0.15, -0.1) is 0 Å². The molecular weight excluding hydrogens is 584 g/mol. The van der Waals surface area contributed by atoms with Gasteiger partial charge in [-0.2, -0.15) is 18.3 Å². The highest BCUT2D eigenvalue weighted by Gasteiger charge is 2.48. The molecule has 0 saturated heterocycles. The van der Waals surface area contributed by atoms with Gasteiger partial charge in [0.2, 0.25) is 11.8 Å². The third kappa shape index (κ3) is 8.56. The molecule has 2 saturated carbocycles. The number of amides is 3. The molecule has 1 unspecified atom stereocenters. The van der Waals surface area contributed by atoms with Crippen molar-refractivity contribution >= 4 is 23.4 Å². The highest BCUT2D eigenvalue weighted by atomic mass is 19.4. The number of anilines is 1. The number of nitrogens with zero attached hydrogens (tertiary/aromatic N) is 2. The first-order valence-corrected chi connectivity index (χ1v) is 14.9. The van der Waals surface area contributed by atoms with E-state index >= 15 is 4.39 Å². The van der Waals surface area contributed by atoms with Crippen LogP contribution in [0.5, 0.6) is 0 Å². The van der Waals surface area contributed by atoms with Crippen LogP contribution < -0.4 is 21.3 Å². The predicted octanol–water partition coefficient (Wildman–Crippen LogP) is 3.64. The number of benzene rings is 1. The van der Waals surface area contributed by atoms with Gasteiger partial charge in [0.15, 0.2) is 0 Å². The maximum Gasteiger partial charge on any atom is 0.405 e. The summed E-state index contributed by atoms with van der Waals surface area (Å²) in [5, 5.41) is 23.7. The van der Waals surface area contributed by atoms with Crippen molar-refractivity contribution < 1.29 is 37.1 Å². The van der Waals surface area contributed by atoms with Crippen molar-refractivity contribution in [2.45, 2.75) is 77.2 Å². The van der Waals surface area contributed by atoms with Gasteiger partial charge in [0.1, 0.15) is 24.1 Å². The SMILES string of the molecule is CC(C(=O)NCC(F)(F)F)c1cc(F)c(NC(=O)[C@@H](NC(=O)c2ccnn2C(C)C)C(C2CC2)C2CC2)cc1CNCCO. The summed E-state index contributed by atoms with van der Waals surface area (Å²) >= 11 is 0. The number of alkyl halides is 3. The van der Waals surface area contributed by atoms with Crippen molar-refractivity contribution in [2.24, 2.45) is 17.8 Å². The van der Waals surface area contributed by atoms with Gasteiger partial charge in [-0.25, -0.2) is 4.39 Å². The lowest BCUT2D eigenvalue weighted by atomic mass is 9.88. The maximum absolute atomic E-state index is 15.5. The zero-order valence-corrected chi connectivity index (χ0v) is 25.0. The zero-order valence-electron chi connectivity index (χ0n) is 25.0. The van der Waals surface area contributed by atoms with E-state index in [1.165, 1.54) is 19.2 Å². The first-order chi connectivity index (χ1) is 20.8. The number of rotatable bonds is 15. The topological polar surface area (TPSA) is 137 Å². The highest BCUT2D eigenvalue weighted by molar-refractivity contribution is 6.01. The minimum absolute atomic E-state index is 0.0437.